The van der Waals surface area contributed by atoms with Gasteiger partial charge in [-0.1, -0.05) is 18.2 Å². The summed E-state index contributed by atoms with van der Waals surface area (Å²) in [6.07, 6.45) is 2.52. The molecule has 2 aliphatic rings. The first-order valence-electron chi connectivity index (χ1n) is 6.33. The summed E-state index contributed by atoms with van der Waals surface area (Å²) < 4.78 is 6.20. The maximum Gasteiger partial charge on any atom is 0.126 e. The highest BCUT2D eigenvalue weighted by Gasteiger charge is 2.42. The normalized spacial score (nSPS) is 33.2. The Bertz CT molecular complexity index is 420. The van der Waals surface area contributed by atoms with Crippen LogP contribution < -0.4 is 4.74 Å². The lowest BCUT2D eigenvalue weighted by atomic mass is 9.83. The second-order valence-corrected chi connectivity index (χ2v) is 5.38. The number of rotatable bonds is 0. The van der Waals surface area contributed by atoms with E-state index >= 15 is 0 Å². The molecular formula is C14H19NO2. The number of para-hydroxylation sites is 1. The maximum atomic E-state index is 10.3. The van der Waals surface area contributed by atoms with Crippen molar-refractivity contribution in [2.75, 3.05) is 20.1 Å². The van der Waals surface area contributed by atoms with Gasteiger partial charge in [-0.2, -0.15) is 0 Å². The molecule has 2 heterocycles. The van der Waals surface area contributed by atoms with Crippen molar-refractivity contribution in [3.05, 3.63) is 29.8 Å². The Morgan fingerprint density at radius 1 is 1.41 bits per heavy atom. The Labute approximate surface area is 102 Å². The minimum absolute atomic E-state index is 0.180. The van der Waals surface area contributed by atoms with Crippen LogP contribution in [-0.4, -0.2) is 35.7 Å². The zero-order valence-electron chi connectivity index (χ0n) is 10.2. The molecule has 2 atom stereocenters. The van der Waals surface area contributed by atoms with Gasteiger partial charge in [0.2, 0.25) is 0 Å². The molecule has 1 fully saturated rings. The average Bonchev–Trinajstić information content (AvgIpc) is 2.28. The number of piperidine rings is 1. The van der Waals surface area contributed by atoms with Crippen molar-refractivity contribution in [3.8, 4) is 5.75 Å². The van der Waals surface area contributed by atoms with Gasteiger partial charge in [-0.05, 0) is 32.5 Å². The first-order chi connectivity index (χ1) is 8.19. The largest absolute Gasteiger partial charge is 0.485 e. The maximum absolute atomic E-state index is 10.3. The van der Waals surface area contributed by atoms with Crippen LogP contribution in [0.15, 0.2) is 24.3 Å². The number of fused-ring (bicyclic) bond motifs is 1. The predicted molar refractivity (Wildman–Crippen MR) is 66.1 cm³/mol. The molecule has 1 spiro atoms. The van der Waals surface area contributed by atoms with Crippen LogP contribution in [0.25, 0.3) is 0 Å². The number of likely N-dealkylation sites (tertiary alicyclic amines) is 1. The first-order valence-corrected chi connectivity index (χ1v) is 6.33. The Morgan fingerprint density at radius 3 is 3.06 bits per heavy atom. The van der Waals surface area contributed by atoms with Crippen molar-refractivity contribution in [2.24, 2.45) is 0 Å². The minimum atomic E-state index is -0.383. The highest BCUT2D eigenvalue weighted by molar-refractivity contribution is 5.38. The molecule has 0 bridgehead atoms. The van der Waals surface area contributed by atoms with Gasteiger partial charge in [0.15, 0.2) is 0 Å². The summed E-state index contributed by atoms with van der Waals surface area (Å²) in [5, 5.41) is 10.3. The molecule has 0 aliphatic carbocycles. The Morgan fingerprint density at radius 2 is 2.24 bits per heavy atom. The smallest absolute Gasteiger partial charge is 0.126 e. The lowest BCUT2D eigenvalue weighted by molar-refractivity contribution is -0.0554. The Kier molecular flexibility index (Phi) is 2.60. The lowest BCUT2D eigenvalue weighted by Gasteiger charge is -2.45. The van der Waals surface area contributed by atoms with Crippen LogP contribution in [0.1, 0.15) is 30.9 Å². The first kappa shape index (κ1) is 11.1. The number of likely N-dealkylation sites (N-methyl/N-ethyl adjacent to an activating group) is 1. The van der Waals surface area contributed by atoms with Crippen LogP contribution in [0.2, 0.25) is 0 Å². The zero-order valence-corrected chi connectivity index (χ0v) is 10.2. The highest BCUT2D eigenvalue weighted by atomic mass is 16.5. The standard InChI is InChI=1S/C14H19NO2/c1-15-8-4-7-14(10-15)9-12(16)11-5-2-3-6-13(11)17-14/h2-3,5-6,12,16H,4,7-10H2,1H3/t12-,14?/m1/s1. The molecule has 17 heavy (non-hydrogen) atoms. The second-order valence-electron chi connectivity index (χ2n) is 5.38. The van der Waals surface area contributed by atoms with Gasteiger partial charge in [0, 0.05) is 18.5 Å². The van der Waals surface area contributed by atoms with Gasteiger partial charge >= 0.3 is 0 Å². The number of aliphatic hydroxyl groups excluding tert-OH is 1. The summed E-state index contributed by atoms with van der Waals surface area (Å²) in [4.78, 5) is 2.30. The molecule has 0 saturated carbocycles. The molecule has 3 heteroatoms. The van der Waals surface area contributed by atoms with Gasteiger partial charge in [0.1, 0.15) is 11.4 Å². The van der Waals surface area contributed by atoms with E-state index in [1.54, 1.807) is 0 Å². The molecule has 0 aromatic heterocycles. The molecule has 1 unspecified atom stereocenters. The molecule has 2 aliphatic heterocycles. The summed E-state index contributed by atoms with van der Waals surface area (Å²) >= 11 is 0. The number of aliphatic hydroxyl groups is 1. The van der Waals surface area contributed by atoms with E-state index in [4.69, 9.17) is 4.74 Å². The van der Waals surface area contributed by atoms with Gasteiger partial charge in [-0.3, -0.25) is 0 Å². The van der Waals surface area contributed by atoms with Crippen LogP contribution in [0, 0.1) is 0 Å². The molecule has 3 rings (SSSR count). The fourth-order valence-electron chi connectivity index (χ4n) is 3.16. The van der Waals surface area contributed by atoms with Gasteiger partial charge < -0.3 is 14.7 Å². The van der Waals surface area contributed by atoms with E-state index in [2.05, 4.69) is 11.9 Å². The van der Waals surface area contributed by atoms with Crippen LogP contribution in [0.3, 0.4) is 0 Å². The molecule has 1 saturated heterocycles. The molecule has 1 aromatic carbocycles. The quantitative estimate of drug-likeness (QED) is 0.743. The van der Waals surface area contributed by atoms with Crippen molar-refractivity contribution in [3.63, 3.8) is 0 Å². The average molecular weight is 233 g/mol. The molecule has 3 nitrogen and oxygen atoms in total. The fraction of sp³-hybridized carbons (Fsp3) is 0.571. The second kappa shape index (κ2) is 4.00. The van der Waals surface area contributed by atoms with Crippen LogP contribution in [0.5, 0.6) is 5.75 Å². The zero-order chi connectivity index (χ0) is 11.9. The van der Waals surface area contributed by atoms with Gasteiger partial charge in [-0.15, -0.1) is 0 Å². The molecule has 1 aromatic rings. The number of benzene rings is 1. The van der Waals surface area contributed by atoms with Crippen LogP contribution in [0.4, 0.5) is 0 Å². The van der Waals surface area contributed by atoms with E-state index in [0.29, 0.717) is 6.42 Å². The van der Waals surface area contributed by atoms with Crippen molar-refractivity contribution in [1.29, 1.82) is 0 Å². The topological polar surface area (TPSA) is 32.7 Å². The Balaban J connectivity index is 1.92. The number of ether oxygens (including phenoxy) is 1. The minimum Gasteiger partial charge on any atom is -0.485 e. The van der Waals surface area contributed by atoms with Gasteiger partial charge in [0.05, 0.1) is 6.10 Å². The number of hydrogen-bond donors (Lipinski definition) is 1. The summed E-state index contributed by atoms with van der Waals surface area (Å²) in [5.74, 6) is 0.863. The monoisotopic (exact) mass is 233 g/mol. The van der Waals surface area contributed by atoms with Crippen molar-refractivity contribution < 1.29 is 9.84 Å². The van der Waals surface area contributed by atoms with Gasteiger partial charge in [-0.25, -0.2) is 0 Å². The number of nitrogens with zero attached hydrogens (tertiary/aromatic N) is 1. The van der Waals surface area contributed by atoms with E-state index in [9.17, 15) is 5.11 Å². The SMILES string of the molecule is CN1CCCC2(C[C@@H](O)c3ccccc3O2)C1. The predicted octanol–water partition coefficient (Wildman–Crippen LogP) is 1.97. The number of hydrogen-bond acceptors (Lipinski definition) is 3. The van der Waals surface area contributed by atoms with E-state index in [1.807, 2.05) is 24.3 Å². The summed E-state index contributed by atoms with van der Waals surface area (Å²) in [5.41, 5.74) is 0.757. The van der Waals surface area contributed by atoms with Crippen molar-refractivity contribution in [1.82, 2.24) is 4.90 Å². The molecule has 92 valence electrons. The fourth-order valence-corrected chi connectivity index (χ4v) is 3.16. The van der Waals surface area contributed by atoms with Gasteiger partial charge in [0.25, 0.3) is 0 Å². The summed E-state index contributed by atoms with van der Waals surface area (Å²) in [6, 6.07) is 7.85. The van der Waals surface area contributed by atoms with E-state index < -0.39 is 0 Å². The lowest BCUT2D eigenvalue weighted by Crippen LogP contribution is -2.52. The molecular weight excluding hydrogens is 214 g/mol. The summed E-state index contributed by atoms with van der Waals surface area (Å²) in [6.45, 7) is 2.04. The van der Waals surface area contributed by atoms with Crippen LogP contribution in [-0.2, 0) is 0 Å². The molecule has 0 radical (unpaired) electrons. The summed E-state index contributed by atoms with van der Waals surface area (Å²) in [7, 11) is 2.12. The molecule has 1 N–H and O–H groups in total. The molecule has 0 amide bonds. The van der Waals surface area contributed by atoms with E-state index in [-0.39, 0.29) is 11.7 Å². The van der Waals surface area contributed by atoms with Crippen LogP contribution >= 0.6 is 0 Å². The Hall–Kier alpha value is -1.06. The van der Waals surface area contributed by atoms with Crippen molar-refractivity contribution >= 4 is 0 Å². The van der Waals surface area contributed by atoms with Crippen molar-refractivity contribution in [2.45, 2.75) is 31.0 Å². The third-order valence-corrected chi connectivity index (χ3v) is 3.90. The van der Waals surface area contributed by atoms with E-state index in [1.165, 1.54) is 0 Å². The van der Waals surface area contributed by atoms with E-state index in [0.717, 1.165) is 37.2 Å². The highest BCUT2D eigenvalue weighted by Crippen LogP contribution is 2.42. The third-order valence-electron chi connectivity index (χ3n) is 3.90. The third kappa shape index (κ3) is 1.94.